The Bertz CT molecular complexity index is 1100. The van der Waals surface area contributed by atoms with Gasteiger partial charge in [-0.05, 0) is 43.5 Å². The molecule has 178 valence electrons. The molecule has 3 rings (SSSR count). The number of carbonyl (C=O) groups is 2. The molecule has 1 aliphatic rings. The van der Waals surface area contributed by atoms with Crippen LogP contribution in [0.1, 0.15) is 42.1 Å². The largest absolute Gasteiger partial charge is 0.352 e. The van der Waals surface area contributed by atoms with Crippen molar-refractivity contribution in [1.82, 2.24) is 9.62 Å². The number of carbonyl (C=O) groups excluding carboxylic acids is 2. The predicted molar refractivity (Wildman–Crippen MR) is 131 cm³/mol. The molecule has 10 heteroatoms. The molecule has 1 heterocycles. The van der Waals surface area contributed by atoms with Gasteiger partial charge in [0.2, 0.25) is 15.9 Å². The van der Waals surface area contributed by atoms with Gasteiger partial charge in [-0.25, -0.2) is 12.7 Å². The first-order valence-corrected chi connectivity index (χ1v) is 13.2. The van der Waals surface area contributed by atoms with Crippen LogP contribution in [-0.2, 0) is 20.6 Å². The van der Waals surface area contributed by atoms with E-state index in [1.807, 2.05) is 6.92 Å². The van der Waals surface area contributed by atoms with Crippen LogP contribution < -0.4 is 10.6 Å². The lowest BCUT2D eigenvalue weighted by molar-refractivity contribution is -0.120. The van der Waals surface area contributed by atoms with Crippen molar-refractivity contribution in [2.24, 2.45) is 5.92 Å². The molecule has 2 amide bonds. The van der Waals surface area contributed by atoms with E-state index in [4.69, 9.17) is 23.2 Å². The SMILES string of the molecule is CCCNC(=O)c1ccccc1NC(=O)C1CCN(S(=O)(=O)Cc2c(Cl)cccc2Cl)CC1. The molecule has 33 heavy (non-hydrogen) atoms. The molecule has 0 aromatic heterocycles. The maximum atomic E-state index is 12.9. The average molecular weight is 512 g/mol. The Balaban J connectivity index is 1.61. The van der Waals surface area contributed by atoms with Gasteiger partial charge in [0, 0.05) is 41.2 Å². The Morgan fingerprint density at radius 1 is 1.03 bits per heavy atom. The first kappa shape index (κ1) is 25.5. The summed E-state index contributed by atoms with van der Waals surface area (Å²) in [7, 11) is -3.64. The summed E-state index contributed by atoms with van der Waals surface area (Å²) in [4.78, 5) is 25.2. The second kappa shape index (κ2) is 11.3. The standard InChI is InChI=1S/C23H27Cl2N3O4S/c1-2-12-26-23(30)17-6-3-4-9-21(17)27-22(29)16-10-13-28(14-11-16)33(31,32)15-18-19(24)7-5-8-20(18)25/h3-9,16H,2,10-15H2,1H3,(H,26,30)(H,27,29). The van der Waals surface area contributed by atoms with Crippen molar-refractivity contribution in [2.45, 2.75) is 31.9 Å². The molecule has 1 saturated heterocycles. The molecular formula is C23H27Cl2N3O4S. The van der Waals surface area contributed by atoms with Crippen LogP contribution in [0.3, 0.4) is 0 Å². The van der Waals surface area contributed by atoms with Crippen molar-refractivity contribution in [1.29, 1.82) is 0 Å². The van der Waals surface area contributed by atoms with Crippen molar-refractivity contribution in [3.05, 3.63) is 63.6 Å². The number of amides is 2. The van der Waals surface area contributed by atoms with Gasteiger partial charge in [-0.1, -0.05) is 48.3 Å². The zero-order chi connectivity index (χ0) is 24.0. The number of hydrogen-bond acceptors (Lipinski definition) is 4. The minimum absolute atomic E-state index is 0.223. The summed E-state index contributed by atoms with van der Waals surface area (Å²) < 4.78 is 27.2. The third-order valence-corrected chi connectivity index (χ3v) is 8.09. The van der Waals surface area contributed by atoms with E-state index in [2.05, 4.69) is 10.6 Å². The van der Waals surface area contributed by atoms with Gasteiger partial charge < -0.3 is 10.6 Å². The fraction of sp³-hybridized carbons (Fsp3) is 0.391. The summed E-state index contributed by atoms with van der Waals surface area (Å²) >= 11 is 12.3. The summed E-state index contributed by atoms with van der Waals surface area (Å²) in [6.45, 7) is 2.96. The molecule has 0 unspecified atom stereocenters. The zero-order valence-corrected chi connectivity index (χ0v) is 20.6. The van der Waals surface area contributed by atoms with Crippen LogP contribution in [0.4, 0.5) is 5.69 Å². The number of sulfonamides is 1. The highest BCUT2D eigenvalue weighted by Crippen LogP contribution is 2.29. The van der Waals surface area contributed by atoms with E-state index in [0.717, 1.165) is 6.42 Å². The van der Waals surface area contributed by atoms with Crippen LogP contribution in [0.15, 0.2) is 42.5 Å². The van der Waals surface area contributed by atoms with Gasteiger partial charge in [0.05, 0.1) is 17.0 Å². The lowest BCUT2D eigenvalue weighted by Gasteiger charge is -2.31. The van der Waals surface area contributed by atoms with Gasteiger partial charge in [-0.3, -0.25) is 9.59 Å². The minimum atomic E-state index is -3.64. The monoisotopic (exact) mass is 511 g/mol. The number of hydrogen-bond donors (Lipinski definition) is 2. The van der Waals surface area contributed by atoms with Crippen molar-refractivity contribution in [3.63, 3.8) is 0 Å². The fourth-order valence-electron chi connectivity index (χ4n) is 3.70. The van der Waals surface area contributed by atoms with Crippen molar-refractivity contribution in [3.8, 4) is 0 Å². The van der Waals surface area contributed by atoms with Crippen molar-refractivity contribution in [2.75, 3.05) is 25.0 Å². The van der Waals surface area contributed by atoms with E-state index in [0.29, 0.717) is 46.2 Å². The Morgan fingerprint density at radius 3 is 2.30 bits per heavy atom. The second-order valence-corrected chi connectivity index (χ2v) is 10.7. The molecule has 0 aliphatic carbocycles. The number of nitrogens with one attached hydrogen (secondary N) is 2. The first-order chi connectivity index (χ1) is 15.7. The van der Waals surface area contributed by atoms with Crippen LogP contribution in [0.2, 0.25) is 10.0 Å². The maximum Gasteiger partial charge on any atom is 0.253 e. The Morgan fingerprint density at radius 2 is 1.67 bits per heavy atom. The lowest BCUT2D eigenvalue weighted by atomic mass is 9.97. The summed E-state index contributed by atoms with van der Waals surface area (Å²) in [6.07, 6.45) is 1.57. The molecule has 2 N–H and O–H groups in total. The lowest BCUT2D eigenvalue weighted by Crippen LogP contribution is -2.42. The highest BCUT2D eigenvalue weighted by Gasteiger charge is 2.32. The zero-order valence-electron chi connectivity index (χ0n) is 18.3. The second-order valence-electron chi connectivity index (χ2n) is 7.92. The number of piperidine rings is 1. The summed E-state index contributed by atoms with van der Waals surface area (Å²) in [5, 5.41) is 6.27. The topological polar surface area (TPSA) is 95.6 Å². The third kappa shape index (κ3) is 6.47. The Hall–Kier alpha value is -2.13. The quantitative estimate of drug-likeness (QED) is 0.551. The van der Waals surface area contributed by atoms with E-state index >= 15 is 0 Å². The number of rotatable bonds is 8. The van der Waals surface area contributed by atoms with Crippen LogP contribution >= 0.6 is 23.2 Å². The summed E-state index contributed by atoms with van der Waals surface area (Å²) in [5.74, 6) is -1.11. The van der Waals surface area contributed by atoms with Crippen LogP contribution in [0.5, 0.6) is 0 Å². The number of nitrogens with zero attached hydrogens (tertiary/aromatic N) is 1. The smallest absolute Gasteiger partial charge is 0.253 e. The molecule has 2 aromatic rings. The minimum Gasteiger partial charge on any atom is -0.352 e. The molecule has 0 spiro atoms. The van der Waals surface area contributed by atoms with Crippen LogP contribution in [0.25, 0.3) is 0 Å². The van der Waals surface area contributed by atoms with E-state index in [-0.39, 0.29) is 36.6 Å². The maximum absolute atomic E-state index is 12.9. The van der Waals surface area contributed by atoms with Gasteiger partial charge in [0.1, 0.15) is 0 Å². The highest BCUT2D eigenvalue weighted by atomic mass is 35.5. The molecule has 1 aliphatic heterocycles. The number of halogens is 2. The van der Waals surface area contributed by atoms with Gasteiger partial charge in [0.15, 0.2) is 0 Å². The van der Waals surface area contributed by atoms with E-state index in [1.165, 1.54) is 4.31 Å². The summed E-state index contributed by atoms with van der Waals surface area (Å²) in [5.41, 5.74) is 1.22. The normalized spacial score (nSPS) is 15.2. The van der Waals surface area contributed by atoms with E-state index in [1.54, 1.807) is 42.5 Å². The fourth-order valence-corrected chi connectivity index (χ4v) is 6.01. The first-order valence-electron chi connectivity index (χ1n) is 10.8. The molecule has 0 saturated carbocycles. The number of anilines is 1. The van der Waals surface area contributed by atoms with Crippen LogP contribution in [0, 0.1) is 5.92 Å². The van der Waals surface area contributed by atoms with E-state index in [9.17, 15) is 18.0 Å². The van der Waals surface area contributed by atoms with E-state index < -0.39 is 10.0 Å². The van der Waals surface area contributed by atoms with Gasteiger partial charge in [-0.2, -0.15) is 0 Å². The van der Waals surface area contributed by atoms with Crippen LogP contribution in [-0.4, -0.2) is 44.2 Å². The number of benzene rings is 2. The molecule has 2 aromatic carbocycles. The van der Waals surface area contributed by atoms with Crippen molar-refractivity contribution < 1.29 is 18.0 Å². The van der Waals surface area contributed by atoms with Gasteiger partial charge >= 0.3 is 0 Å². The number of para-hydroxylation sites is 1. The van der Waals surface area contributed by atoms with Gasteiger partial charge in [0.25, 0.3) is 5.91 Å². The third-order valence-electron chi connectivity index (χ3n) is 5.57. The molecule has 0 radical (unpaired) electrons. The van der Waals surface area contributed by atoms with Crippen molar-refractivity contribution >= 4 is 50.7 Å². The molecule has 7 nitrogen and oxygen atoms in total. The Kier molecular flexibility index (Phi) is 8.75. The molecule has 0 bridgehead atoms. The van der Waals surface area contributed by atoms with Gasteiger partial charge in [-0.15, -0.1) is 0 Å². The Labute approximate surface area is 204 Å². The molecular weight excluding hydrogens is 485 g/mol. The predicted octanol–water partition coefficient (Wildman–Crippen LogP) is 4.31. The summed E-state index contributed by atoms with van der Waals surface area (Å²) in [6, 6.07) is 11.7. The highest BCUT2D eigenvalue weighted by molar-refractivity contribution is 7.88. The molecule has 0 atom stereocenters. The average Bonchev–Trinajstić information content (AvgIpc) is 2.80. The molecule has 1 fully saturated rings.